The van der Waals surface area contributed by atoms with E-state index in [1.54, 1.807) is 6.20 Å². The number of fused-ring (bicyclic) bond motifs is 1. The van der Waals surface area contributed by atoms with Crippen LogP contribution in [0.2, 0.25) is 0 Å². The van der Waals surface area contributed by atoms with Crippen LogP contribution in [0.3, 0.4) is 0 Å². The minimum atomic E-state index is -1.36. The van der Waals surface area contributed by atoms with E-state index in [2.05, 4.69) is 15.2 Å². The van der Waals surface area contributed by atoms with Gasteiger partial charge in [-0.3, -0.25) is 5.10 Å². The molecule has 2 aromatic rings. The number of nitrogens with one attached hydrogen (secondary N) is 1. The molecule has 1 N–H and O–H groups in total. The van der Waals surface area contributed by atoms with E-state index in [4.69, 9.17) is 9.47 Å². The smallest absolute Gasteiger partial charge is 0.543 e. The number of carbonyl (C=O) groups excluding carboxylic acids is 1. The predicted octanol–water partition coefficient (Wildman–Crippen LogP) is -3.83. The van der Waals surface area contributed by atoms with Gasteiger partial charge in [0.2, 0.25) is 0 Å². The van der Waals surface area contributed by atoms with Gasteiger partial charge in [0, 0.05) is 19.3 Å². The molecule has 0 spiro atoms. The fourth-order valence-corrected chi connectivity index (χ4v) is 2.31. The third-order valence-electron chi connectivity index (χ3n) is 3.24. The molecule has 0 aromatic carbocycles. The van der Waals surface area contributed by atoms with Crippen LogP contribution < -0.4 is 33.6 Å². The molecule has 2 aromatic heterocycles. The van der Waals surface area contributed by atoms with Crippen LogP contribution in [0.25, 0.3) is 10.9 Å². The Hall–Kier alpha value is -1.75. The van der Waals surface area contributed by atoms with Gasteiger partial charge in [0.05, 0.1) is 31.7 Å². The first-order chi connectivity index (χ1) is 9.72. The van der Waals surface area contributed by atoms with Gasteiger partial charge in [0.15, 0.2) is 11.6 Å². The number of hydrogen-bond acceptors (Lipinski definition) is 7. The molecule has 0 aliphatic carbocycles. The summed E-state index contributed by atoms with van der Waals surface area (Å²) in [5.74, 6) is -0.385. The Labute approximate surface area is 132 Å². The van der Waals surface area contributed by atoms with Crippen molar-refractivity contribution in [3.63, 3.8) is 0 Å². The molecule has 1 fully saturated rings. The second kappa shape index (κ2) is 6.35. The number of anilines is 1. The molecule has 106 valence electrons. The minimum absolute atomic E-state index is 0. The van der Waals surface area contributed by atoms with Crippen LogP contribution in [0.1, 0.15) is 10.5 Å². The van der Waals surface area contributed by atoms with Gasteiger partial charge in [-0.05, 0) is 0 Å². The zero-order chi connectivity index (χ0) is 14.1. The van der Waals surface area contributed by atoms with E-state index in [0.717, 1.165) is 0 Å². The van der Waals surface area contributed by atoms with Gasteiger partial charge in [0.1, 0.15) is 11.2 Å². The summed E-state index contributed by atoms with van der Waals surface area (Å²) in [6, 6.07) is 0. The van der Waals surface area contributed by atoms with E-state index in [1.807, 2.05) is 4.90 Å². The first kappa shape index (κ1) is 15.6. The molecule has 1 aliphatic heterocycles. The number of rotatable bonds is 3. The van der Waals surface area contributed by atoms with Crippen LogP contribution in [0.5, 0.6) is 5.75 Å². The average Bonchev–Trinajstić information content (AvgIpc) is 2.95. The van der Waals surface area contributed by atoms with Crippen LogP contribution in [0.4, 0.5) is 5.82 Å². The Morgan fingerprint density at radius 3 is 2.81 bits per heavy atom. The molecule has 0 radical (unpaired) electrons. The predicted molar refractivity (Wildman–Crippen MR) is 67.8 cm³/mol. The van der Waals surface area contributed by atoms with Crippen LogP contribution in [0.15, 0.2) is 6.20 Å². The van der Waals surface area contributed by atoms with Crippen molar-refractivity contribution in [3.8, 4) is 5.75 Å². The Bertz CT molecular complexity index is 654. The van der Waals surface area contributed by atoms with E-state index in [-0.39, 0.29) is 30.1 Å². The number of nitrogens with zero attached hydrogens (tertiary/aromatic N) is 3. The van der Waals surface area contributed by atoms with Crippen molar-refractivity contribution in [1.82, 2.24) is 15.2 Å². The molecule has 3 heterocycles. The molecule has 1 aliphatic rings. The molecule has 8 nitrogen and oxygen atoms in total. The Kier molecular flexibility index (Phi) is 4.72. The summed E-state index contributed by atoms with van der Waals surface area (Å²) < 4.78 is 10.7. The number of aromatic amines is 1. The van der Waals surface area contributed by atoms with E-state index >= 15 is 0 Å². The topological polar surface area (TPSA) is 103 Å². The summed E-state index contributed by atoms with van der Waals surface area (Å²) in [7, 11) is 1.52. The number of H-pyrrole nitrogens is 1. The van der Waals surface area contributed by atoms with Crippen molar-refractivity contribution in [2.24, 2.45) is 0 Å². The first-order valence-corrected chi connectivity index (χ1v) is 6.18. The zero-order valence-corrected chi connectivity index (χ0v) is 11.9. The third-order valence-corrected chi connectivity index (χ3v) is 3.24. The molecular formula is C12H13LiN4O4. The molecule has 21 heavy (non-hydrogen) atoms. The molecule has 0 saturated carbocycles. The Morgan fingerprint density at radius 2 is 2.19 bits per heavy atom. The second-order valence-corrected chi connectivity index (χ2v) is 4.35. The summed E-state index contributed by atoms with van der Waals surface area (Å²) in [4.78, 5) is 17.3. The molecule has 0 atom stereocenters. The van der Waals surface area contributed by atoms with Gasteiger partial charge in [0.25, 0.3) is 0 Å². The SMILES string of the molecule is COc1c(N2CCOCC2)nc(C(=O)[O-])c2n[nH]cc12.[Li+]. The minimum Gasteiger partial charge on any atom is -0.543 e. The fourth-order valence-electron chi connectivity index (χ4n) is 2.31. The van der Waals surface area contributed by atoms with Crippen molar-refractivity contribution in [1.29, 1.82) is 0 Å². The van der Waals surface area contributed by atoms with Crippen molar-refractivity contribution in [2.45, 2.75) is 0 Å². The van der Waals surface area contributed by atoms with Crippen LogP contribution in [-0.4, -0.2) is 54.6 Å². The summed E-state index contributed by atoms with van der Waals surface area (Å²) >= 11 is 0. The molecule has 0 bridgehead atoms. The zero-order valence-electron chi connectivity index (χ0n) is 11.9. The summed E-state index contributed by atoms with van der Waals surface area (Å²) in [6.07, 6.45) is 1.59. The van der Waals surface area contributed by atoms with E-state index in [1.165, 1.54) is 7.11 Å². The molecule has 3 rings (SSSR count). The van der Waals surface area contributed by atoms with Crippen LogP contribution >= 0.6 is 0 Å². The normalized spacial score (nSPS) is 14.8. The van der Waals surface area contributed by atoms with Gasteiger partial charge >= 0.3 is 18.9 Å². The molecular weight excluding hydrogens is 271 g/mol. The number of morpholine rings is 1. The average molecular weight is 284 g/mol. The maximum absolute atomic E-state index is 11.2. The number of aromatic nitrogens is 3. The van der Waals surface area contributed by atoms with Crippen molar-refractivity contribution >= 4 is 22.7 Å². The van der Waals surface area contributed by atoms with Crippen LogP contribution in [0, 0.1) is 0 Å². The molecule has 0 amide bonds. The second-order valence-electron chi connectivity index (χ2n) is 4.35. The monoisotopic (exact) mass is 284 g/mol. The van der Waals surface area contributed by atoms with Gasteiger partial charge < -0.3 is 24.3 Å². The fraction of sp³-hybridized carbons (Fsp3) is 0.417. The number of carboxylic acid groups (broad SMARTS) is 1. The summed E-state index contributed by atoms with van der Waals surface area (Å²) in [5.41, 5.74) is 0.0439. The number of pyridine rings is 1. The molecule has 9 heteroatoms. The largest absolute Gasteiger partial charge is 1.00 e. The maximum Gasteiger partial charge on any atom is 1.00 e. The number of carboxylic acids is 1. The number of carbonyl (C=O) groups is 1. The summed E-state index contributed by atoms with van der Waals surface area (Å²) in [6.45, 7) is 2.38. The van der Waals surface area contributed by atoms with Gasteiger partial charge in [-0.2, -0.15) is 5.10 Å². The third kappa shape index (κ3) is 2.70. The standard InChI is InChI=1S/C12H14N4O4.Li/c1-19-10-7-6-13-15-8(7)9(12(17)18)14-11(10)16-2-4-20-5-3-16;/h6H,2-5H2,1H3,(H,13,15)(H,17,18);/q;+1/p-1. The van der Waals surface area contributed by atoms with Gasteiger partial charge in [-0.15, -0.1) is 0 Å². The van der Waals surface area contributed by atoms with E-state index in [0.29, 0.717) is 43.3 Å². The molecule has 0 unspecified atom stereocenters. The number of ether oxygens (including phenoxy) is 2. The van der Waals surface area contributed by atoms with Crippen molar-refractivity contribution < 1.29 is 38.2 Å². The van der Waals surface area contributed by atoms with Crippen molar-refractivity contribution in [3.05, 3.63) is 11.9 Å². The first-order valence-electron chi connectivity index (χ1n) is 6.18. The maximum atomic E-state index is 11.2. The summed E-state index contributed by atoms with van der Waals surface area (Å²) in [5, 5.41) is 18.3. The Balaban J connectivity index is 0.00000161. The Morgan fingerprint density at radius 1 is 1.48 bits per heavy atom. The van der Waals surface area contributed by atoms with Crippen LogP contribution in [-0.2, 0) is 4.74 Å². The number of hydrogen-bond donors (Lipinski definition) is 1. The number of aromatic carboxylic acids is 1. The van der Waals surface area contributed by atoms with Gasteiger partial charge in [-0.1, -0.05) is 0 Å². The van der Waals surface area contributed by atoms with E-state index in [9.17, 15) is 9.90 Å². The quantitative estimate of drug-likeness (QED) is 0.576. The van der Waals surface area contributed by atoms with Crippen molar-refractivity contribution in [2.75, 3.05) is 38.3 Å². The van der Waals surface area contributed by atoms with E-state index < -0.39 is 5.97 Å². The van der Waals surface area contributed by atoms with Gasteiger partial charge in [-0.25, -0.2) is 4.98 Å². The molecule has 1 saturated heterocycles. The number of methoxy groups -OCH3 is 1.